The lowest BCUT2D eigenvalue weighted by Gasteiger charge is -2.52. The van der Waals surface area contributed by atoms with Gasteiger partial charge in [0, 0.05) is 30.3 Å². The molecule has 2 aliphatic heterocycles. The van der Waals surface area contributed by atoms with Crippen molar-refractivity contribution in [3.63, 3.8) is 0 Å². The molecule has 8 nitrogen and oxygen atoms in total. The smallest absolute Gasteiger partial charge is 0.208 e. The highest BCUT2D eigenvalue weighted by molar-refractivity contribution is 7.99. The monoisotopic (exact) mass is 389 g/mol. The third-order valence-electron chi connectivity index (χ3n) is 5.14. The van der Waals surface area contributed by atoms with Crippen molar-refractivity contribution in [3.05, 3.63) is 0 Å². The summed E-state index contributed by atoms with van der Waals surface area (Å²) in [5.41, 5.74) is 0. The van der Waals surface area contributed by atoms with Crippen LogP contribution in [-0.2, 0) is 14.9 Å². The van der Waals surface area contributed by atoms with E-state index < -0.39 is 10.0 Å². The second kappa shape index (κ2) is 8.08. The van der Waals surface area contributed by atoms with Crippen LogP contribution in [0, 0.1) is 11.3 Å². The van der Waals surface area contributed by atoms with E-state index in [1.165, 1.54) is 6.26 Å². The van der Waals surface area contributed by atoms with Crippen LogP contribution in [0.5, 0.6) is 0 Å². The van der Waals surface area contributed by atoms with E-state index >= 15 is 0 Å². The van der Waals surface area contributed by atoms with Crippen LogP contribution in [0.1, 0.15) is 32.6 Å². The number of hydrazine groups is 1. The third kappa shape index (κ3) is 4.47. The number of rotatable bonds is 6. The van der Waals surface area contributed by atoms with Gasteiger partial charge in [0.2, 0.25) is 10.0 Å². The second-order valence-electron chi connectivity index (χ2n) is 6.89. The van der Waals surface area contributed by atoms with Gasteiger partial charge in [-0.3, -0.25) is 9.74 Å². The predicted octanol–water partition coefficient (Wildman–Crippen LogP) is 0.555. The van der Waals surface area contributed by atoms with Crippen molar-refractivity contribution >= 4 is 21.8 Å². The lowest BCUT2D eigenvalue weighted by atomic mass is 9.91. The molecule has 3 rings (SSSR count). The number of hydroxylamine groups is 1. The quantitative estimate of drug-likeness (QED) is 0.705. The Morgan fingerprint density at radius 3 is 2.60 bits per heavy atom. The van der Waals surface area contributed by atoms with Gasteiger partial charge in [-0.1, -0.05) is 6.92 Å². The second-order valence-corrected chi connectivity index (χ2v) is 9.67. The summed E-state index contributed by atoms with van der Waals surface area (Å²) in [5.74, 6) is 1.72. The Balaban J connectivity index is 1.57. The summed E-state index contributed by atoms with van der Waals surface area (Å²) in [7, 11) is -3.14. The molecular formula is C15H27N5O3S2. The molecule has 2 unspecified atom stereocenters. The van der Waals surface area contributed by atoms with Gasteiger partial charge in [-0.2, -0.15) is 5.26 Å². The minimum Gasteiger partial charge on any atom is -0.279 e. The number of thioether (sulfide) groups is 1. The zero-order valence-electron chi connectivity index (χ0n) is 14.8. The van der Waals surface area contributed by atoms with Crippen LogP contribution in [0.3, 0.4) is 0 Å². The van der Waals surface area contributed by atoms with E-state index in [0.29, 0.717) is 12.6 Å². The maximum absolute atomic E-state index is 11.4. The average molecular weight is 390 g/mol. The molecule has 0 amide bonds. The predicted molar refractivity (Wildman–Crippen MR) is 96.5 cm³/mol. The fourth-order valence-electron chi connectivity index (χ4n) is 3.89. The van der Waals surface area contributed by atoms with Crippen LogP contribution in [0.4, 0.5) is 0 Å². The normalized spacial score (nSPS) is 34.8. The minimum atomic E-state index is -3.14. The van der Waals surface area contributed by atoms with Crippen LogP contribution in [0.15, 0.2) is 0 Å². The Kier molecular flexibility index (Phi) is 6.26. The van der Waals surface area contributed by atoms with E-state index in [0.717, 1.165) is 43.9 Å². The van der Waals surface area contributed by atoms with Crippen LogP contribution < -0.4 is 4.72 Å². The van der Waals surface area contributed by atoms with Gasteiger partial charge in [-0.05, 0) is 25.7 Å². The summed E-state index contributed by atoms with van der Waals surface area (Å²) in [6.07, 6.45) is 4.90. The van der Waals surface area contributed by atoms with Crippen molar-refractivity contribution in [3.8, 4) is 6.07 Å². The SMILES string of the molecule is CCN(C1CCC(NS(C)(=O)=O)CC1)N1OCC1N1CSCC1C#N. The fraction of sp³-hybridized carbons (Fsp3) is 0.933. The van der Waals surface area contributed by atoms with Gasteiger partial charge in [0.1, 0.15) is 18.8 Å². The highest BCUT2D eigenvalue weighted by atomic mass is 32.2. The lowest BCUT2D eigenvalue weighted by molar-refractivity contribution is -0.424. The van der Waals surface area contributed by atoms with Crippen LogP contribution in [0.2, 0.25) is 0 Å². The summed E-state index contributed by atoms with van der Waals surface area (Å²) in [5, 5.41) is 13.5. The van der Waals surface area contributed by atoms with Crippen molar-refractivity contribution < 1.29 is 13.3 Å². The number of hydrogen-bond acceptors (Lipinski definition) is 8. The Labute approximate surface area is 154 Å². The first-order valence-corrected chi connectivity index (χ1v) is 11.9. The molecule has 1 aliphatic carbocycles. The van der Waals surface area contributed by atoms with Gasteiger partial charge < -0.3 is 0 Å². The standard InChI is InChI=1S/C15H27N5O3S2/c1-3-19(13-6-4-12(5-7-13)17-25(2,21)22)20-15(9-23-20)18-11-24-10-14(18)8-16/h12-15,17H,3-7,9-11H2,1-2H3. The first kappa shape index (κ1) is 19.4. The molecule has 2 saturated heterocycles. The van der Waals surface area contributed by atoms with E-state index in [-0.39, 0.29) is 18.2 Å². The summed E-state index contributed by atoms with van der Waals surface area (Å²) in [4.78, 5) is 7.97. The summed E-state index contributed by atoms with van der Waals surface area (Å²) >= 11 is 1.79. The zero-order chi connectivity index (χ0) is 18.0. The van der Waals surface area contributed by atoms with Gasteiger partial charge in [0.05, 0.1) is 12.3 Å². The molecule has 3 aliphatic rings. The van der Waals surface area contributed by atoms with E-state index in [1.54, 1.807) is 11.8 Å². The minimum absolute atomic E-state index is 0.0380. The molecule has 142 valence electrons. The third-order valence-corrected chi connectivity index (χ3v) is 6.93. The fourth-order valence-corrected chi connectivity index (χ4v) is 5.89. The van der Waals surface area contributed by atoms with E-state index in [4.69, 9.17) is 4.84 Å². The largest absolute Gasteiger partial charge is 0.279 e. The van der Waals surface area contributed by atoms with E-state index in [2.05, 4.69) is 27.6 Å². The molecule has 0 aromatic heterocycles. The van der Waals surface area contributed by atoms with Crippen LogP contribution in [0.25, 0.3) is 0 Å². The molecule has 2 atom stereocenters. The topological polar surface area (TPSA) is 88.9 Å². The van der Waals surface area contributed by atoms with E-state index in [1.807, 2.05) is 5.17 Å². The lowest BCUT2D eigenvalue weighted by Crippen LogP contribution is -2.68. The molecule has 3 fully saturated rings. The first-order valence-electron chi connectivity index (χ1n) is 8.82. The van der Waals surface area contributed by atoms with Gasteiger partial charge in [0.25, 0.3) is 0 Å². The maximum atomic E-state index is 11.4. The number of nitrogens with one attached hydrogen (secondary N) is 1. The summed E-state index contributed by atoms with van der Waals surface area (Å²) < 4.78 is 25.5. The molecule has 0 bridgehead atoms. The summed E-state index contributed by atoms with van der Waals surface area (Å²) in [6.45, 7) is 3.57. The molecule has 0 aromatic rings. The Morgan fingerprint density at radius 1 is 1.36 bits per heavy atom. The molecule has 1 N–H and O–H groups in total. The van der Waals surface area contributed by atoms with Crippen molar-refractivity contribution in [2.45, 2.75) is 56.9 Å². The van der Waals surface area contributed by atoms with Crippen molar-refractivity contribution in [2.24, 2.45) is 0 Å². The molecule has 10 heteroatoms. The molecule has 1 saturated carbocycles. The number of sulfonamides is 1. The number of nitrogens with zero attached hydrogens (tertiary/aromatic N) is 4. The van der Waals surface area contributed by atoms with Gasteiger partial charge in [0.15, 0.2) is 0 Å². The average Bonchev–Trinajstić information content (AvgIpc) is 2.98. The van der Waals surface area contributed by atoms with Gasteiger partial charge >= 0.3 is 0 Å². The van der Waals surface area contributed by atoms with Crippen molar-refractivity contribution in [2.75, 3.05) is 31.0 Å². The van der Waals surface area contributed by atoms with Crippen LogP contribution >= 0.6 is 11.8 Å². The Bertz CT molecular complexity index is 603. The zero-order valence-corrected chi connectivity index (χ0v) is 16.4. The Hall–Kier alpha value is -0.410. The molecule has 0 aromatic carbocycles. The number of nitriles is 1. The van der Waals surface area contributed by atoms with Gasteiger partial charge in [-0.25, -0.2) is 18.1 Å². The first-order chi connectivity index (χ1) is 11.9. The highest BCUT2D eigenvalue weighted by Gasteiger charge is 2.45. The van der Waals surface area contributed by atoms with Gasteiger partial charge in [-0.15, -0.1) is 16.9 Å². The molecular weight excluding hydrogens is 362 g/mol. The molecule has 25 heavy (non-hydrogen) atoms. The molecule has 2 heterocycles. The molecule has 0 radical (unpaired) electrons. The summed E-state index contributed by atoms with van der Waals surface area (Å²) in [6, 6.07) is 2.73. The highest BCUT2D eigenvalue weighted by Crippen LogP contribution is 2.33. The van der Waals surface area contributed by atoms with E-state index in [9.17, 15) is 13.7 Å². The maximum Gasteiger partial charge on any atom is 0.208 e. The van der Waals surface area contributed by atoms with Crippen molar-refractivity contribution in [1.29, 1.82) is 5.26 Å². The van der Waals surface area contributed by atoms with Crippen molar-refractivity contribution in [1.82, 2.24) is 19.8 Å². The molecule has 0 spiro atoms. The van der Waals surface area contributed by atoms with Crippen LogP contribution in [-0.4, -0.2) is 78.8 Å². The number of hydrogen-bond donors (Lipinski definition) is 1. The Morgan fingerprint density at radius 2 is 2.08 bits per heavy atom.